The van der Waals surface area contributed by atoms with Gasteiger partial charge in [0.15, 0.2) is 0 Å². The van der Waals surface area contributed by atoms with Gasteiger partial charge in [0, 0.05) is 31.9 Å². The third-order valence-corrected chi connectivity index (χ3v) is 3.97. The van der Waals surface area contributed by atoms with Crippen LogP contribution in [0.4, 0.5) is 0 Å². The van der Waals surface area contributed by atoms with Crippen LogP contribution in [0.2, 0.25) is 0 Å². The Balaban J connectivity index is 2.48. The number of fused-ring (bicyclic) bond motifs is 1. The summed E-state index contributed by atoms with van der Waals surface area (Å²) >= 11 is 0. The van der Waals surface area contributed by atoms with Gasteiger partial charge < -0.3 is 5.01 Å². The van der Waals surface area contributed by atoms with E-state index in [1.54, 1.807) is 11.3 Å². The highest BCUT2D eigenvalue weighted by molar-refractivity contribution is 5.33. The van der Waals surface area contributed by atoms with E-state index in [1.165, 1.54) is 12.8 Å². The van der Waals surface area contributed by atoms with Crippen molar-refractivity contribution < 1.29 is 0 Å². The smallest absolute Gasteiger partial charge is 0.0464 e. The molecule has 0 fully saturated rings. The minimum Gasteiger partial charge on any atom is -0.319 e. The molecule has 16 heavy (non-hydrogen) atoms. The second-order valence-corrected chi connectivity index (χ2v) is 5.68. The molecular formula is C14H24N2. The zero-order chi connectivity index (χ0) is 11.9. The molecule has 90 valence electrons. The maximum atomic E-state index is 2.36. The van der Waals surface area contributed by atoms with Gasteiger partial charge in [-0.2, -0.15) is 0 Å². The monoisotopic (exact) mass is 220 g/mol. The van der Waals surface area contributed by atoms with Gasteiger partial charge in [0.05, 0.1) is 0 Å². The fourth-order valence-electron chi connectivity index (χ4n) is 2.97. The number of rotatable bonds is 2. The SMILES string of the molecule is CC1CCC(C(C)C)c2c1ccn2N(C)C. The third-order valence-electron chi connectivity index (χ3n) is 3.97. The molecule has 0 bridgehead atoms. The highest BCUT2D eigenvalue weighted by atomic mass is 15.5. The molecule has 0 saturated heterocycles. The van der Waals surface area contributed by atoms with Crippen molar-refractivity contribution in [1.82, 2.24) is 4.68 Å². The highest BCUT2D eigenvalue weighted by Gasteiger charge is 2.30. The minimum atomic E-state index is 0.726. The molecule has 0 aliphatic heterocycles. The van der Waals surface area contributed by atoms with Gasteiger partial charge in [0.25, 0.3) is 0 Å². The first-order valence-corrected chi connectivity index (χ1v) is 6.41. The molecule has 2 unspecified atom stereocenters. The maximum absolute atomic E-state index is 2.36. The zero-order valence-electron chi connectivity index (χ0n) is 11.2. The normalized spacial score (nSPS) is 24.6. The lowest BCUT2D eigenvalue weighted by molar-refractivity contribution is 0.389. The van der Waals surface area contributed by atoms with Crippen LogP contribution in [-0.2, 0) is 0 Å². The topological polar surface area (TPSA) is 8.17 Å². The van der Waals surface area contributed by atoms with Crippen molar-refractivity contribution in [1.29, 1.82) is 0 Å². The summed E-state index contributed by atoms with van der Waals surface area (Å²) in [7, 11) is 4.24. The predicted octanol–water partition coefficient (Wildman–Crippen LogP) is 3.32. The van der Waals surface area contributed by atoms with Gasteiger partial charge in [0.1, 0.15) is 0 Å². The molecular weight excluding hydrogens is 196 g/mol. The van der Waals surface area contributed by atoms with Gasteiger partial charge in [-0.25, -0.2) is 0 Å². The Morgan fingerprint density at radius 2 is 2.00 bits per heavy atom. The second kappa shape index (κ2) is 4.15. The molecule has 1 aromatic heterocycles. The molecule has 0 N–H and O–H groups in total. The fourth-order valence-corrected chi connectivity index (χ4v) is 2.97. The Hall–Kier alpha value is -0.920. The Bertz CT molecular complexity index is 349. The van der Waals surface area contributed by atoms with E-state index in [1.807, 2.05) is 0 Å². The summed E-state index contributed by atoms with van der Waals surface area (Å²) in [6.07, 6.45) is 4.90. The second-order valence-electron chi connectivity index (χ2n) is 5.68. The Kier molecular flexibility index (Phi) is 3.00. The van der Waals surface area contributed by atoms with Crippen LogP contribution in [0.1, 0.15) is 56.7 Å². The Morgan fingerprint density at radius 1 is 1.31 bits per heavy atom. The van der Waals surface area contributed by atoms with Crippen LogP contribution in [-0.4, -0.2) is 18.8 Å². The van der Waals surface area contributed by atoms with Gasteiger partial charge in [-0.15, -0.1) is 0 Å². The summed E-state index contributed by atoms with van der Waals surface area (Å²) in [5.74, 6) is 2.19. The average molecular weight is 220 g/mol. The summed E-state index contributed by atoms with van der Waals surface area (Å²) in [5, 5.41) is 2.19. The summed E-state index contributed by atoms with van der Waals surface area (Å²) < 4.78 is 2.33. The van der Waals surface area contributed by atoms with Gasteiger partial charge in [-0.05, 0) is 36.3 Å². The van der Waals surface area contributed by atoms with E-state index in [4.69, 9.17) is 0 Å². The van der Waals surface area contributed by atoms with Crippen LogP contribution in [0, 0.1) is 5.92 Å². The third kappa shape index (κ3) is 1.74. The lowest BCUT2D eigenvalue weighted by Gasteiger charge is -2.33. The largest absolute Gasteiger partial charge is 0.319 e. The molecule has 2 nitrogen and oxygen atoms in total. The standard InChI is InChI=1S/C14H24N2/c1-10(2)12-7-6-11(3)13-8-9-16(14(12)13)15(4)5/h8-12H,6-7H2,1-5H3. The van der Waals surface area contributed by atoms with Crippen molar-refractivity contribution in [2.45, 2.75) is 45.4 Å². The van der Waals surface area contributed by atoms with Crippen LogP contribution in [0.3, 0.4) is 0 Å². The number of aromatic nitrogens is 1. The van der Waals surface area contributed by atoms with Crippen molar-refractivity contribution in [3.63, 3.8) is 0 Å². The van der Waals surface area contributed by atoms with Crippen LogP contribution in [0.5, 0.6) is 0 Å². The lowest BCUT2D eigenvalue weighted by atomic mass is 9.77. The van der Waals surface area contributed by atoms with E-state index in [-0.39, 0.29) is 0 Å². The summed E-state index contributed by atoms with van der Waals surface area (Å²) in [6.45, 7) is 7.05. The number of hydrogen-bond acceptors (Lipinski definition) is 1. The Labute approximate surface area is 99.2 Å². The summed E-state index contributed by atoms with van der Waals surface area (Å²) in [5.41, 5.74) is 3.12. The minimum absolute atomic E-state index is 0.726. The van der Waals surface area contributed by atoms with E-state index < -0.39 is 0 Å². The highest BCUT2D eigenvalue weighted by Crippen LogP contribution is 2.42. The molecule has 1 heterocycles. The molecule has 2 heteroatoms. The average Bonchev–Trinajstić information content (AvgIpc) is 2.62. The van der Waals surface area contributed by atoms with Gasteiger partial charge in [-0.1, -0.05) is 20.8 Å². The van der Waals surface area contributed by atoms with Crippen molar-refractivity contribution in [2.75, 3.05) is 19.1 Å². The first kappa shape index (κ1) is 11.6. The predicted molar refractivity (Wildman–Crippen MR) is 69.7 cm³/mol. The van der Waals surface area contributed by atoms with Gasteiger partial charge in [-0.3, -0.25) is 4.68 Å². The molecule has 2 atom stereocenters. The van der Waals surface area contributed by atoms with Crippen molar-refractivity contribution in [3.8, 4) is 0 Å². The zero-order valence-corrected chi connectivity index (χ0v) is 11.2. The van der Waals surface area contributed by atoms with E-state index >= 15 is 0 Å². The van der Waals surface area contributed by atoms with E-state index in [0.717, 1.165) is 17.8 Å². The molecule has 0 radical (unpaired) electrons. The maximum Gasteiger partial charge on any atom is 0.0464 e. The molecule has 1 aliphatic carbocycles. The molecule has 2 rings (SSSR count). The number of nitrogens with zero attached hydrogens (tertiary/aromatic N) is 2. The number of hydrogen-bond donors (Lipinski definition) is 0. The van der Waals surface area contributed by atoms with Crippen molar-refractivity contribution in [2.24, 2.45) is 5.92 Å². The fraction of sp³-hybridized carbons (Fsp3) is 0.714. The Morgan fingerprint density at radius 3 is 2.56 bits per heavy atom. The first-order chi connectivity index (χ1) is 7.52. The van der Waals surface area contributed by atoms with Crippen LogP contribution < -0.4 is 5.01 Å². The quantitative estimate of drug-likeness (QED) is 0.742. The summed E-state index contributed by atoms with van der Waals surface area (Å²) in [6, 6.07) is 2.31. The van der Waals surface area contributed by atoms with E-state index in [2.05, 4.69) is 56.8 Å². The van der Waals surface area contributed by atoms with Gasteiger partial charge in [0.2, 0.25) is 0 Å². The lowest BCUT2D eigenvalue weighted by Crippen LogP contribution is -2.30. The molecule has 0 aromatic carbocycles. The molecule has 1 aromatic rings. The van der Waals surface area contributed by atoms with Crippen LogP contribution in [0.25, 0.3) is 0 Å². The molecule has 0 saturated carbocycles. The van der Waals surface area contributed by atoms with Gasteiger partial charge >= 0.3 is 0 Å². The van der Waals surface area contributed by atoms with E-state index in [0.29, 0.717) is 0 Å². The molecule has 1 aliphatic rings. The molecule has 0 amide bonds. The van der Waals surface area contributed by atoms with Crippen LogP contribution >= 0.6 is 0 Å². The molecule has 0 spiro atoms. The van der Waals surface area contributed by atoms with Crippen LogP contribution in [0.15, 0.2) is 12.3 Å². The van der Waals surface area contributed by atoms with Crippen molar-refractivity contribution >= 4 is 0 Å². The van der Waals surface area contributed by atoms with Crippen molar-refractivity contribution in [3.05, 3.63) is 23.5 Å². The summed E-state index contributed by atoms with van der Waals surface area (Å²) in [4.78, 5) is 0. The first-order valence-electron chi connectivity index (χ1n) is 6.41. The van der Waals surface area contributed by atoms with E-state index in [9.17, 15) is 0 Å².